The molecule has 6 heteroatoms. The van der Waals surface area contributed by atoms with Gasteiger partial charge in [-0.05, 0) is 38.6 Å². The van der Waals surface area contributed by atoms with Crippen LogP contribution in [0.2, 0.25) is 0 Å². The molecule has 0 aliphatic carbocycles. The lowest BCUT2D eigenvalue weighted by molar-refractivity contribution is 0.0696. The number of carbonyl (C=O) groups is 1. The van der Waals surface area contributed by atoms with Crippen molar-refractivity contribution in [2.75, 3.05) is 13.6 Å². The predicted molar refractivity (Wildman–Crippen MR) is 69.3 cm³/mol. The second kappa shape index (κ2) is 4.62. The zero-order valence-corrected chi connectivity index (χ0v) is 10.8. The molecule has 0 spiro atoms. The van der Waals surface area contributed by atoms with Crippen LogP contribution in [0.1, 0.15) is 29.0 Å². The van der Waals surface area contributed by atoms with E-state index in [1.165, 1.54) is 6.42 Å². The predicted octanol–water partition coefficient (Wildman–Crippen LogP) is 1.06. The lowest BCUT2D eigenvalue weighted by Gasteiger charge is -2.18. The van der Waals surface area contributed by atoms with E-state index in [0.717, 1.165) is 25.2 Å². The molecular formula is C13H16N4O2. The zero-order chi connectivity index (χ0) is 13.4. The van der Waals surface area contributed by atoms with E-state index in [0.29, 0.717) is 11.7 Å². The number of nitrogens with zero attached hydrogens (tertiary/aromatic N) is 4. The fourth-order valence-electron chi connectivity index (χ4n) is 2.65. The van der Waals surface area contributed by atoms with Gasteiger partial charge in [-0.2, -0.15) is 0 Å². The fourth-order valence-corrected chi connectivity index (χ4v) is 2.65. The Morgan fingerprint density at radius 1 is 1.47 bits per heavy atom. The number of likely N-dealkylation sites (tertiary alicyclic amines) is 1. The standard InChI is InChI=1S/C13H16N4O2/c1-16-6-2-3-10(16)7-12-15-14-11-5-4-9(13(18)19)8-17(11)12/h4-5,8,10H,2-3,6-7H2,1H3,(H,18,19). The molecule has 2 aromatic rings. The molecule has 3 heterocycles. The number of rotatable bonds is 3. The van der Waals surface area contributed by atoms with Gasteiger partial charge in [0.1, 0.15) is 5.82 Å². The normalized spacial score (nSPS) is 20.2. The van der Waals surface area contributed by atoms with E-state index in [-0.39, 0.29) is 5.56 Å². The van der Waals surface area contributed by atoms with E-state index in [1.54, 1.807) is 22.7 Å². The van der Waals surface area contributed by atoms with Gasteiger partial charge >= 0.3 is 5.97 Å². The highest BCUT2D eigenvalue weighted by Crippen LogP contribution is 2.19. The minimum absolute atomic E-state index is 0.258. The van der Waals surface area contributed by atoms with E-state index in [2.05, 4.69) is 22.1 Å². The molecule has 2 aromatic heterocycles. The van der Waals surface area contributed by atoms with Gasteiger partial charge in [-0.15, -0.1) is 10.2 Å². The summed E-state index contributed by atoms with van der Waals surface area (Å²) in [5, 5.41) is 17.3. The average molecular weight is 260 g/mol. The maximum atomic E-state index is 11.0. The molecular weight excluding hydrogens is 244 g/mol. The van der Waals surface area contributed by atoms with Crippen molar-refractivity contribution in [3.63, 3.8) is 0 Å². The third kappa shape index (κ3) is 2.19. The molecule has 0 bridgehead atoms. The van der Waals surface area contributed by atoms with Crippen molar-refractivity contribution in [1.82, 2.24) is 19.5 Å². The van der Waals surface area contributed by atoms with Gasteiger partial charge in [0.25, 0.3) is 0 Å². The van der Waals surface area contributed by atoms with Crippen molar-refractivity contribution in [2.45, 2.75) is 25.3 Å². The highest BCUT2D eigenvalue weighted by Gasteiger charge is 2.23. The fraction of sp³-hybridized carbons (Fsp3) is 0.462. The maximum Gasteiger partial charge on any atom is 0.337 e. The van der Waals surface area contributed by atoms with Crippen LogP contribution >= 0.6 is 0 Å². The highest BCUT2D eigenvalue weighted by atomic mass is 16.4. The quantitative estimate of drug-likeness (QED) is 0.893. The minimum atomic E-state index is -0.931. The van der Waals surface area contributed by atoms with E-state index in [1.807, 2.05) is 0 Å². The Morgan fingerprint density at radius 3 is 3.00 bits per heavy atom. The number of aromatic carboxylic acids is 1. The molecule has 0 saturated carbocycles. The molecule has 19 heavy (non-hydrogen) atoms. The molecule has 100 valence electrons. The largest absolute Gasteiger partial charge is 0.478 e. The van der Waals surface area contributed by atoms with E-state index < -0.39 is 5.97 Å². The van der Waals surface area contributed by atoms with Crippen molar-refractivity contribution in [2.24, 2.45) is 0 Å². The first-order valence-corrected chi connectivity index (χ1v) is 6.42. The molecule has 1 atom stereocenters. The van der Waals surface area contributed by atoms with E-state index in [9.17, 15) is 4.79 Å². The first-order chi connectivity index (χ1) is 9.15. The van der Waals surface area contributed by atoms with Gasteiger partial charge in [0.15, 0.2) is 5.65 Å². The Hall–Kier alpha value is -1.95. The van der Waals surface area contributed by atoms with Gasteiger partial charge in [0, 0.05) is 18.7 Å². The molecule has 0 amide bonds. The summed E-state index contributed by atoms with van der Waals surface area (Å²) in [5.41, 5.74) is 0.953. The first kappa shape index (κ1) is 12.1. The van der Waals surface area contributed by atoms with Crippen LogP contribution < -0.4 is 0 Å². The van der Waals surface area contributed by atoms with Gasteiger partial charge in [-0.3, -0.25) is 4.40 Å². The summed E-state index contributed by atoms with van der Waals surface area (Å²) in [6, 6.07) is 3.72. The summed E-state index contributed by atoms with van der Waals surface area (Å²) in [6.45, 7) is 1.11. The molecule has 0 radical (unpaired) electrons. The van der Waals surface area contributed by atoms with Crippen LogP contribution in [0.5, 0.6) is 0 Å². The van der Waals surface area contributed by atoms with Crippen LogP contribution in [0, 0.1) is 0 Å². The van der Waals surface area contributed by atoms with Crippen LogP contribution in [-0.2, 0) is 6.42 Å². The Kier molecular flexibility index (Phi) is 2.94. The van der Waals surface area contributed by atoms with Crippen LogP contribution in [0.15, 0.2) is 18.3 Å². The third-order valence-electron chi connectivity index (χ3n) is 3.81. The van der Waals surface area contributed by atoms with Crippen LogP contribution in [0.4, 0.5) is 0 Å². The number of carboxylic acid groups (broad SMARTS) is 1. The van der Waals surface area contributed by atoms with Crippen molar-refractivity contribution in [3.8, 4) is 0 Å². The molecule has 1 N–H and O–H groups in total. The highest BCUT2D eigenvalue weighted by molar-refractivity contribution is 5.87. The van der Waals surface area contributed by atoms with Gasteiger partial charge < -0.3 is 10.0 Å². The van der Waals surface area contributed by atoms with Crippen molar-refractivity contribution < 1.29 is 9.90 Å². The first-order valence-electron chi connectivity index (χ1n) is 6.42. The van der Waals surface area contributed by atoms with E-state index >= 15 is 0 Å². The molecule has 0 aromatic carbocycles. The summed E-state index contributed by atoms with van der Waals surface area (Å²) in [6.07, 6.45) is 4.77. The van der Waals surface area contributed by atoms with Gasteiger partial charge in [-0.1, -0.05) is 0 Å². The van der Waals surface area contributed by atoms with E-state index in [4.69, 9.17) is 5.11 Å². The molecule has 3 rings (SSSR count). The molecule has 1 aliphatic rings. The SMILES string of the molecule is CN1CCCC1Cc1nnc2ccc(C(=O)O)cn12. The third-order valence-corrected chi connectivity index (χ3v) is 3.81. The van der Waals surface area contributed by atoms with Gasteiger partial charge in [-0.25, -0.2) is 4.79 Å². The number of aromatic nitrogens is 3. The Morgan fingerprint density at radius 2 is 2.32 bits per heavy atom. The summed E-state index contributed by atoms with van der Waals surface area (Å²) in [5.74, 6) is -0.101. The van der Waals surface area contributed by atoms with Crippen LogP contribution in [0.3, 0.4) is 0 Å². The van der Waals surface area contributed by atoms with Crippen LogP contribution in [0.25, 0.3) is 5.65 Å². The molecule has 6 nitrogen and oxygen atoms in total. The summed E-state index contributed by atoms with van der Waals surface area (Å²) < 4.78 is 1.79. The molecule has 1 aliphatic heterocycles. The summed E-state index contributed by atoms with van der Waals surface area (Å²) in [4.78, 5) is 13.3. The van der Waals surface area contributed by atoms with Crippen molar-refractivity contribution in [3.05, 3.63) is 29.7 Å². The second-order valence-electron chi connectivity index (χ2n) is 5.05. The number of hydrogen-bond donors (Lipinski definition) is 1. The number of likely N-dealkylation sites (N-methyl/N-ethyl adjacent to an activating group) is 1. The average Bonchev–Trinajstić information content (AvgIpc) is 2.97. The lowest BCUT2D eigenvalue weighted by atomic mass is 10.1. The molecule has 1 unspecified atom stereocenters. The van der Waals surface area contributed by atoms with Gasteiger partial charge in [0.05, 0.1) is 5.56 Å². The maximum absolute atomic E-state index is 11.0. The lowest BCUT2D eigenvalue weighted by Crippen LogP contribution is -2.27. The minimum Gasteiger partial charge on any atom is -0.478 e. The van der Waals surface area contributed by atoms with Crippen molar-refractivity contribution in [1.29, 1.82) is 0 Å². The Bertz CT molecular complexity index is 622. The Labute approximate surface area is 110 Å². The number of hydrogen-bond acceptors (Lipinski definition) is 4. The van der Waals surface area contributed by atoms with Crippen LogP contribution in [-0.4, -0.2) is 50.2 Å². The topological polar surface area (TPSA) is 70.7 Å². The van der Waals surface area contributed by atoms with Gasteiger partial charge in [0.2, 0.25) is 0 Å². The molecule has 1 fully saturated rings. The Balaban J connectivity index is 1.94. The summed E-state index contributed by atoms with van der Waals surface area (Å²) >= 11 is 0. The number of carboxylic acids is 1. The zero-order valence-electron chi connectivity index (χ0n) is 10.8. The summed E-state index contributed by atoms with van der Waals surface area (Å²) in [7, 11) is 2.11. The second-order valence-corrected chi connectivity index (χ2v) is 5.05. The smallest absolute Gasteiger partial charge is 0.337 e. The number of pyridine rings is 1. The molecule has 1 saturated heterocycles. The van der Waals surface area contributed by atoms with Crippen molar-refractivity contribution >= 4 is 11.6 Å². The monoisotopic (exact) mass is 260 g/mol. The number of fused-ring (bicyclic) bond motifs is 1.